The second kappa shape index (κ2) is 14.3. The molecule has 0 saturated carbocycles. The molecule has 0 aliphatic rings. The van der Waals surface area contributed by atoms with Crippen molar-refractivity contribution in [3.8, 4) is 0 Å². The molecule has 0 spiro atoms. The van der Waals surface area contributed by atoms with Crippen LogP contribution in [0.1, 0.15) is 43.9 Å². The van der Waals surface area contributed by atoms with Gasteiger partial charge in [0.05, 0.1) is 5.57 Å². The number of alkyl halides is 3. The highest BCUT2D eigenvalue weighted by Gasteiger charge is 2.30. The zero-order valence-electron chi connectivity index (χ0n) is 19.5. The first kappa shape index (κ1) is 27.2. The molecule has 0 nitrogen and oxygen atoms in total. The summed E-state index contributed by atoms with van der Waals surface area (Å²) in [4.78, 5) is 0. The minimum absolute atomic E-state index is 0.423. The third kappa shape index (κ3) is 11.0. The van der Waals surface area contributed by atoms with Gasteiger partial charge in [0.25, 0.3) is 0 Å². The summed E-state index contributed by atoms with van der Waals surface area (Å²) in [5, 5.41) is 0. The van der Waals surface area contributed by atoms with E-state index < -0.39 is 11.7 Å². The van der Waals surface area contributed by atoms with Crippen molar-refractivity contribution in [2.75, 3.05) is 0 Å². The van der Waals surface area contributed by atoms with Gasteiger partial charge in [0.2, 0.25) is 0 Å². The lowest BCUT2D eigenvalue weighted by Gasteiger charge is -2.08. The van der Waals surface area contributed by atoms with Crippen molar-refractivity contribution in [3.05, 3.63) is 120 Å². The minimum Gasteiger partial charge on any atom is -0.166 e. The highest BCUT2D eigenvalue weighted by Crippen LogP contribution is 2.26. The van der Waals surface area contributed by atoms with E-state index in [4.69, 9.17) is 0 Å². The average molecular weight is 441 g/mol. The smallest absolute Gasteiger partial charge is 0.166 e. The van der Waals surface area contributed by atoms with Crippen molar-refractivity contribution in [3.63, 3.8) is 0 Å². The fraction of sp³-hybridized carbons (Fsp3) is 0.310. The summed E-state index contributed by atoms with van der Waals surface area (Å²) in [5.41, 5.74) is 3.88. The van der Waals surface area contributed by atoms with E-state index in [2.05, 4.69) is 69.5 Å². The van der Waals surface area contributed by atoms with Crippen molar-refractivity contribution < 1.29 is 13.2 Å². The normalized spacial score (nSPS) is 13.1. The van der Waals surface area contributed by atoms with Crippen LogP contribution in [0.15, 0.2) is 103 Å². The maximum Gasteiger partial charge on any atom is 0.416 e. The highest BCUT2D eigenvalue weighted by atomic mass is 19.4. The number of aryl methyl sites for hydroxylation is 1. The molecule has 0 amide bonds. The molecule has 2 aromatic carbocycles. The van der Waals surface area contributed by atoms with E-state index in [-0.39, 0.29) is 0 Å². The molecule has 1 atom stereocenters. The van der Waals surface area contributed by atoms with Crippen LogP contribution >= 0.6 is 0 Å². The van der Waals surface area contributed by atoms with Crippen LogP contribution in [0.4, 0.5) is 13.2 Å². The zero-order valence-corrected chi connectivity index (χ0v) is 19.5. The Bertz CT molecular complexity index is 869. The van der Waals surface area contributed by atoms with Crippen molar-refractivity contribution >= 4 is 0 Å². The van der Waals surface area contributed by atoms with E-state index in [0.29, 0.717) is 12.3 Å². The van der Waals surface area contributed by atoms with Crippen LogP contribution in [0.5, 0.6) is 0 Å². The summed E-state index contributed by atoms with van der Waals surface area (Å²) < 4.78 is 37.8. The van der Waals surface area contributed by atoms with Gasteiger partial charge in [0, 0.05) is 0 Å². The molecule has 32 heavy (non-hydrogen) atoms. The first-order valence-electron chi connectivity index (χ1n) is 11.0. The topological polar surface area (TPSA) is 0 Å². The third-order valence-electron chi connectivity index (χ3n) is 4.94. The quantitative estimate of drug-likeness (QED) is 0.270. The van der Waals surface area contributed by atoms with Crippen LogP contribution < -0.4 is 0 Å². The number of rotatable bonds is 9. The summed E-state index contributed by atoms with van der Waals surface area (Å²) >= 11 is 0. The Morgan fingerprint density at radius 2 is 1.50 bits per heavy atom. The van der Waals surface area contributed by atoms with Gasteiger partial charge in [0.1, 0.15) is 0 Å². The fourth-order valence-electron chi connectivity index (χ4n) is 3.07. The zero-order chi connectivity index (χ0) is 24.0. The lowest BCUT2D eigenvalue weighted by Crippen LogP contribution is -2.09. The fourth-order valence-corrected chi connectivity index (χ4v) is 3.07. The summed E-state index contributed by atoms with van der Waals surface area (Å²) in [7, 11) is 0. The molecule has 0 N–H and O–H groups in total. The average Bonchev–Trinajstić information content (AvgIpc) is 2.76. The Labute approximate surface area is 191 Å². The van der Waals surface area contributed by atoms with Crippen LogP contribution in [0, 0.1) is 5.92 Å². The Morgan fingerprint density at radius 1 is 0.906 bits per heavy atom. The van der Waals surface area contributed by atoms with Gasteiger partial charge in [-0.3, -0.25) is 0 Å². The summed E-state index contributed by atoms with van der Waals surface area (Å²) in [6.07, 6.45) is 4.98. The lowest BCUT2D eigenvalue weighted by atomic mass is 9.98. The number of hydrogen-bond acceptors (Lipinski definition) is 0. The molecular formula is C29H35F3. The Morgan fingerprint density at radius 3 is 2.00 bits per heavy atom. The molecule has 0 saturated heterocycles. The third-order valence-corrected chi connectivity index (χ3v) is 4.94. The molecule has 1 unspecified atom stereocenters. The molecule has 0 aliphatic heterocycles. The van der Waals surface area contributed by atoms with Crippen molar-refractivity contribution in [1.29, 1.82) is 0 Å². The van der Waals surface area contributed by atoms with Gasteiger partial charge in [0.15, 0.2) is 0 Å². The lowest BCUT2D eigenvalue weighted by molar-refractivity contribution is -0.0881. The summed E-state index contributed by atoms with van der Waals surface area (Å²) in [5.74, 6) is 0.423. The largest absolute Gasteiger partial charge is 0.416 e. The molecule has 0 fully saturated rings. The molecule has 2 rings (SSSR count). The number of benzene rings is 2. The summed E-state index contributed by atoms with van der Waals surface area (Å²) in [6, 6.07) is 18.7. The van der Waals surface area contributed by atoms with Gasteiger partial charge in [-0.15, -0.1) is 6.58 Å². The van der Waals surface area contributed by atoms with Gasteiger partial charge in [-0.25, -0.2) is 0 Å². The predicted molar refractivity (Wildman–Crippen MR) is 132 cm³/mol. The molecule has 0 radical (unpaired) electrons. The highest BCUT2D eigenvalue weighted by molar-refractivity contribution is 5.31. The predicted octanol–water partition coefficient (Wildman–Crippen LogP) is 8.85. The van der Waals surface area contributed by atoms with Crippen LogP contribution in [0.25, 0.3) is 0 Å². The van der Waals surface area contributed by atoms with E-state index in [9.17, 15) is 13.2 Å². The number of halogens is 3. The van der Waals surface area contributed by atoms with E-state index in [1.54, 1.807) is 0 Å². The molecule has 0 heterocycles. The molecule has 2 aromatic rings. The van der Waals surface area contributed by atoms with Crippen LogP contribution in [0.3, 0.4) is 0 Å². The maximum atomic E-state index is 12.6. The Kier molecular flexibility index (Phi) is 12.2. The van der Waals surface area contributed by atoms with Gasteiger partial charge in [-0.1, -0.05) is 111 Å². The second-order valence-electron chi connectivity index (χ2n) is 7.98. The minimum atomic E-state index is -4.36. The molecule has 3 heteroatoms. The van der Waals surface area contributed by atoms with Gasteiger partial charge >= 0.3 is 6.18 Å². The van der Waals surface area contributed by atoms with E-state index >= 15 is 0 Å². The second-order valence-corrected chi connectivity index (χ2v) is 7.98. The van der Waals surface area contributed by atoms with Crippen LogP contribution in [-0.4, -0.2) is 6.18 Å². The van der Waals surface area contributed by atoms with Gasteiger partial charge < -0.3 is 0 Å². The SMILES string of the molecule is C=C/C(=C\C=C(/C)Cc1ccc(CC(C)C=C)cc1)C(F)(F)F.CCCc1ccccc1. The van der Waals surface area contributed by atoms with Gasteiger partial charge in [-0.2, -0.15) is 13.2 Å². The van der Waals surface area contributed by atoms with E-state index in [1.807, 2.05) is 25.1 Å². The first-order chi connectivity index (χ1) is 15.2. The Balaban J connectivity index is 0.000000471. The number of allylic oxidation sites excluding steroid dienone is 6. The monoisotopic (exact) mass is 440 g/mol. The molecule has 0 bridgehead atoms. The van der Waals surface area contributed by atoms with E-state index in [1.165, 1.54) is 30.0 Å². The van der Waals surface area contributed by atoms with Crippen molar-refractivity contribution in [2.45, 2.75) is 52.6 Å². The molecular weight excluding hydrogens is 405 g/mol. The van der Waals surface area contributed by atoms with Crippen molar-refractivity contribution in [2.24, 2.45) is 5.92 Å². The molecule has 172 valence electrons. The molecule has 0 aliphatic carbocycles. The van der Waals surface area contributed by atoms with Crippen LogP contribution in [0.2, 0.25) is 0 Å². The Hall–Kier alpha value is -2.81. The number of hydrogen-bond donors (Lipinski definition) is 0. The van der Waals surface area contributed by atoms with E-state index in [0.717, 1.165) is 29.7 Å². The van der Waals surface area contributed by atoms with Crippen molar-refractivity contribution in [1.82, 2.24) is 0 Å². The standard InChI is InChI=1S/C20H23F3.C9H12/c1-5-15(3)13-17-8-10-18(11-9-17)14-16(4)7-12-19(6-2)20(21,22)23;1-2-6-9-7-4-3-5-8-9/h5-12,15H,1-2,13-14H2,3-4H3;3-5,7-8H,2,6H2,1H3/b16-7+,19-12+;. The van der Waals surface area contributed by atoms with Crippen LogP contribution in [-0.2, 0) is 19.3 Å². The summed E-state index contributed by atoms with van der Waals surface area (Å²) in [6.45, 7) is 13.1. The molecule has 0 aromatic heterocycles. The maximum absolute atomic E-state index is 12.6. The van der Waals surface area contributed by atoms with Gasteiger partial charge in [-0.05, 0) is 48.8 Å². The first-order valence-corrected chi connectivity index (χ1v) is 11.0.